The van der Waals surface area contributed by atoms with Crippen molar-refractivity contribution >= 4 is 17.3 Å². The van der Waals surface area contributed by atoms with Gasteiger partial charge in [-0.2, -0.15) is 0 Å². The van der Waals surface area contributed by atoms with Gasteiger partial charge in [-0.3, -0.25) is 4.99 Å². The molecule has 0 fully saturated rings. The van der Waals surface area contributed by atoms with Gasteiger partial charge in [0.25, 0.3) is 0 Å². The number of hydrogen-bond donors (Lipinski definition) is 2. The largest absolute Gasteiger partial charge is 0.357 e. The molecular weight excluding hydrogens is 318 g/mol. The molecule has 0 aliphatic rings. The SMILES string of the molecule is CCNC(=NCCCCN(C)C(C)C)NCCc1nc(C)c(C)s1. The van der Waals surface area contributed by atoms with Gasteiger partial charge >= 0.3 is 0 Å². The highest BCUT2D eigenvalue weighted by molar-refractivity contribution is 7.11. The Morgan fingerprint density at radius 3 is 2.58 bits per heavy atom. The maximum atomic E-state index is 4.67. The zero-order valence-electron chi connectivity index (χ0n) is 16.3. The molecule has 1 heterocycles. The molecule has 0 saturated heterocycles. The van der Waals surface area contributed by atoms with Gasteiger partial charge in [-0.15, -0.1) is 11.3 Å². The molecular formula is C18H35N5S. The van der Waals surface area contributed by atoms with Gasteiger partial charge in [-0.25, -0.2) is 4.98 Å². The number of aryl methyl sites for hydroxylation is 2. The van der Waals surface area contributed by atoms with Gasteiger partial charge in [0.1, 0.15) is 0 Å². The minimum absolute atomic E-state index is 0.616. The van der Waals surface area contributed by atoms with Crippen molar-refractivity contribution in [3.8, 4) is 0 Å². The van der Waals surface area contributed by atoms with Crippen LogP contribution in [0.1, 0.15) is 49.2 Å². The minimum atomic E-state index is 0.616. The van der Waals surface area contributed by atoms with E-state index in [4.69, 9.17) is 0 Å². The van der Waals surface area contributed by atoms with Crippen molar-refractivity contribution in [1.29, 1.82) is 0 Å². The highest BCUT2D eigenvalue weighted by atomic mass is 32.1. The first-order valence-electron chi connectivity index (χ1n) is 9.09. The number of nitrogens with one attached hydrogen (secondary N) is 2. The number of thiazole rings is 1. The summed E-state index contributed by atoms with van der Waals surface area (Å²) in [7, 11) is 2.18. The summed E-state index contributed by atoms with van der Waals surface area (Å²) in [5.41, 5.74) is 1.15. The molecule has 0 saturated carbocycles. The van der Waals surface area contributed by atoms with Crippen LogP contribution in [-0.2, 0) is 6.42 Å². The van der Waals surface area contributed by atoms with Crippen LogP contribution < -0.4 is 10.6 Å². The predicted molar refractivity (Wildman–Crippen MR) is 106 cm³/mol. The Bertz CT molecular complexity index is 476. The van der Waals surface area contributed by atoms with Crippen LogP contribution >= 0.6 is 11.3 Å². The fourth-order valence-electron chi connectivity index (χ4n) is 2.20. The van der Waals surface area contributed by atoms with Crippen molar-refractivity contribution in [1.82, 2.24) is 20.5 Å². The van der Waals surface area contributed by atoms with E-state index in [0.29, 0.717) is 6.04 Å². The second kappa shape index (κ2) is 11.4. The quantitative estimate of drug-likeness (QED) is 0.386. The third-order valence-corrected chi connectivity index (χ3v) is 5.25. The second-order valence-electron chi connectivity index (χ2n) is 6.47. The van der Waals surface area contributed by atoms with Crippen LogP contribution in [0.2, 0.25) is 0 Å². The summed E-state index contributed by atoms with van der Waals surface area (Å²) in [6.07, 6.45) is 3.26. The molecule has 0 spiro atoms. The molecule has 0 radical (unpaired) electrons. The summed E-state index contributed by atoms with van der Waals surface area (Å²) in [5.74, 6) is 0.916. The Morgan fingerprint density at radius 2 is 2.00 bits per heavy atom. The van der Waals surface area contributed by atoms with Gasteiger partial charge in [0.2, 0.25) is 0 Å². The number of aliphatic imine (C=N–C) groups is 1. The molecule has 2 N–H and O–H groups in total. The van der Waals surface area contributed by atoms with Crippen molar-refractivity contribution in [3.05, 3.63) is 15.6 Å². The third kappa shape index (κ3) is 8.11. The van der Waals surface area contributed by atoms with Crippen LogP contribution in [0.3, 0.4) is 0 Å². The standard InChI is InChI=1S/C18H35N5S/c1-7-19-18(20-11-8-9-13-23(6)14(2)3)21-12-10-17-22-15(4)16(5)24-17/h14H,7-13H2,1-6H3,(H2,19,20,21). The highest BCUT2D eigenvalue weighted by Gasteiger charge is 2.04. The molecule has 0 unspecified atom stereocenters. The summed E-state index contributed by atoms with van der Waals surface area (Å²) in [5, 5.41) is 7.92. The minimum Gasteiger partial charge on any atom is -0.357 e. The molecule has 0 bridgehead atoms. The van der Waals surface area contributed by atoms with Gasteiger partial charge in [0, 0.05) is 37.0 Å². The highest BCUT2D eigenvalue weighted by Crippen LogP contribution is 2.16. The molecule has 0 aromatic carbocycles. The first kappa shape index (κ1) is 20.9. The van der Waals surface area contributed by atoms with E-state index in [-0.39, 0.29) is 0 Å². The first-order chi connectivity index (χ1) is 11.4. The monoisotopic (exact) mass is 353 g/mol. The Hall–Kier alpha value is -1.14. The Balaban J connectivity index is 2.29. The summed E-state index contributed by atoms with van der Waals surface area (Å²) in [6.45, 7) is 14.5. The summed E-state index contributed by atoms with van der Waals surface area (Å²) in [6, 6.07) is 0.616. The lowest BCUT2D eigenvalue weighted by molar-refractivity contribution is 0.269. The lowest BCUT2D eigenvalue weighted by Crippen LogP contribution is -2.38. The maximum Gasteiger partial charge on any atom is 0.191 e. The topological polar surface area (TPSA) is 52.6 Å². The molecule has 6 heteroatoms. The van der Waals surface area contributed by atoms with Gasteiger partial charge < -0.3 is 15.5 Å². The van der Waals surface area contributed by atoms with E-state index < -0.39 is 0 Å². The first-order valence-corrected chi connectivity index (χ1v) is 9.91. The smallest absolute Gasteiger partial charge is 0.191 e. The van der Waals surface area contributed by atoms with Crippen molar-refractivity contribution < 1.29 is 0 Å². The average molecular weight is 354 g/mol. The second-order valence-corrected chi connectivity index (χ2v) is 7.76. The van der Waals surface area contributed by atoms with Crippen molar-refractivity contribution in [2.45, 2.75) is 59.9 Å². The Kier molecular flexibility index (Phi) is 9.95. The number of guanidine groups is 1. The Morgan fingerprint density at radius 1 is 1.25 bits per heavy atom. The zero-order valence-corrected chi connectivity index (χ0v) is 17.1. The van der Waals surface area contributed by atoms with Gasteiger partial charge in [-0.1, -0.05) is 0 Å². The number of hydrogen-bond acceptors (Lipinski definition) is 4. The van der Waals surface area contributed by atoms with Crippen LogP contribution in [0.15, 0.2) is 4.99 Å². The number of rotatable bonds is 10. The normalized spacial score (nSPS) is 12.2. The van der Waals surface area contributed by atoms with Gasteiger partial charge in [0.15, 0.2) is 5.96 Å². The van der Waals surface area contributed by atoms with Gasteiger partial charge in [-0.05, 0) is 61.1 Å². The van der Waals surface area contributed by atoms with Crippen LogP contribution in [-0.4, -0.2) is 55.1 Å². The average Bonchev–Trinajstić information content (AvgIpc) is 2.84. The van der Waals surface area contributed by atoms with E-state index in [1.165, 1.54) is 16.3 Å². The van der Waals surface area contributed by atoms with Crippen LogP contribution in [0.5, 0.6) is 0 Å². The lowest BCUT2D eigenvalue weighted by Gasteiger charge is -2.20. The summed E-state index contributed by atoms with van der Waals surface area (Å²) < 4.78 is 0. The fraction of sp³-hybridized carbons (Fsp3) is 0.778. The molecule has 1 aromatic rings. The predicted octanol–water partition coefficient (Wildman–Crippen LogP) is 2.98. The third-order valence-electron chi connectivity index (χ3n) is 4.12. The molecule has 5 nitrogen and oxygen atoms in total. The number of nitrogens with zero attached hydrogens (tertiary/aromatic N) is 3. The maximum absolute atomic E-state index is 4.67. The number of aromatic nitrogens is 1. The molecule has 1 rings (SSSR count). The summed E-state index contributed by atoms with van der Waals surface area (Å²) in [4.78, 5) is 12.9. The molecule has 138 valence electrons. The van der Waals surface area contributed by atoms with Crippen LogP contribution in [0.4, 0.5) is 0 Å². The molecule has 0 aliphatic heterocycles. The van der Waals surface area contributed by atoms with E-state index in [0.717, 1.165) is 50.7 Å². The van der Waals surface area contributed by atoms with Crippen LogP contribution in [0, 0.1) is 13.8 Å². The lowest BCUT2D eigenvalue weighted by atomic mass is 10.2. The van der Waals surface area contributed by atoms with E-state index in [9.17, 15) is 0 Å². The number of unbranched alkanes of at least 4 members (excludes halogenated alkanes) is 1. The van der Waals surface area contributed by atoms with E-state index in [1.54, 1.807) is 11.3 Å². The molecule has 24 heavy (non-hydrogen) atoms. The van der Waals surface area contributed by atoms with E-state index >= 15 is 0 Å². The van der Waals surface area contributed by atoms with Crippen molar-refractivity contribution in [2.24, 2.45) is 4.99 Å². The van der Waals surface area contributed by atoms with E-state index in [1.807, 2.05) is 0 Å². The Labute approximate surface area is 152 Å². The molecule has 1 aromatic heterocycles. The van der Waals surface area contributed by atoms with Gasteiger partial charge in [0.05, 0.1) is 10.7 Å². The summed E-state index contributed by atoms with van der Waals surface area (Å²) >= 11 is 1.79. The van der Waals surface area contributed by atoms with Crippen molar-refractivity contribution in [3.63, 3.8) is 0 Å². The van der Waals surface area contributed by atoms with E-state index in [2.05, 4.69) is 67.2 Å². The van der Waals surface area contributed by atoms with Crippen LogP contribution in [0.25, 0.3) is 0 Å². The zero-order chi connectivity index (χ0) is 17.9. The fourth-order valence-corrected chi connectivity index (χ4v) is 3.13. The van der Waals surface area contributed by atoms with Crippen molar-refractivity contribution in [2.75, 3.05) is 33.2 Å². The molecule has 0 aliphatic carbocycles. The molecule has 0 atom stereocenters. The molecule has 0 amide bonds.